The molecule has 1 amide bonds. The van der Waals surface area contributed by atoms with Gasteiger partial charge in [0.1, 0.15) is 6.04 Å². The lowest BCUT2D eigenvalue weighted by atomic mass is 10.1. The third kappa shape index (κ3) is 3.65. The highest BCUT2D eigenvalue weighted by atomic mass is 16.2. The molecule has 0 radical (unpaired) electrons. The monoisotopic (exact) mass is 322 g/mol. The molecule has 0 fully saturated rings. The van der Waals surface area contributed by atoms with Crippen molar-refractivity contribution in [3.63, 3.8) is 0 Å². The van der Waals surface area contributed by atoms with E-state index in [2.05, 4.69) is 22.8 Å². The van der Waals surface area contributed by atoms with E-state index in [0.29, 0.717) is 11.3 Å². The largest absolute Gasteiger partial charge is 0.374 e. The Morgan fingerprint density at radius 2 is 1.62 bits per heavy atom. The topological polar surface area (TPSA) is 58.2 Å². The predicted molar refractivity (Wildman–Crippen MR) is 96.6 cm³/mol. The molecule has 0 saturated carbocycles. The predicted octanol–water partition coefficient (Wildman–Crippen LogP) is 3.82. The number of ketones is 1. The van der Waals surface area contributed by atoms with Gasteiger partial charge in [0.05, 0.1) is 0 Å². The van der Waals surface area contributed by atoms with Crippen LogP contribution in [0.15, 0.2) is 42.5 Å². The van der Waals surface area contributed by atoms with E-state index in [9.17, 15) is 9.59 Å². The third-order valence-corrected chi connectivity index (χ3v) is 4.43. The summed E-state index contributed by atoms with van der Waals surface area (Å²) in [4.78, 5) is 23.6. The molecule has 2 N–H and O–H groups in total. The van der Waals surface area contributed by atoms with Crippen LogP contribution in [0.4, 0.5) is 11.4 Å². The molecular weight excluding hydrogens is 300 g/mol. The molecule has 0 aromatic heterocycles. The van der Waals surface area contributed by atoms with Gasteiger partial charge in [0.25, 0.3) is 0 Å². The van der Waals surface area contributed by atoms with Gasteiger partial charge in [-0.1, -0.05) is 6.07 Å². The molecule has 124 valence electrons. The summed E-state index contributed by atoms with van der Waals surface area (Å²) in [7, 11) is 0. The summed E-state index contributed by atoms with van der Waals surface area (Å²) in [6.45, 7) is 3.36. The first-order valence-corrected chi connectivity index (χ1v) is 8.33. The molecule has 0 aliphatic heterocycles. The molecule has 1 atom stereocenters. The molecule has 0 saturated heterocycles. The molecule has 0 heterocycles. The summed E-state index contributed by atoms with van der Waals surface area (Å²) in [5.74, 6) is -0.0920. The fourth-order valence-corrected chi connectivity index (χ4v) is 3.02. The van der Waals surface area contributed by atoms with E-state index in [0.717, 1.165) is 18.5 Å². The van der Waals surface area contributed by atoms with Crippen molar-refractivity contribution < 1.29 is 9.59 Å². The highest BCUT2D eigenvalue weighted by Gasteiger charge is 2.15. The Hall–Kier alpha value is -2.62. The van der Waals surface area contributed by atoms with E-state index in [-0.39, 0.29) is 17.7 Å². The summed E-state index contributed by atoms with van der Waals surface area (Å²) in [6.07, 6.45) is 3.49. The normalized spacial score (nSPS) is 13.9. The SMILES string of the molecule is CC(=O)c1ccc(NC(=O)[C@@H](C)Nc2ccc3c(c2)CCC3)cc1. The maximum Gasteiger partial charge on any atom is 0.246 e. The number of hydrogen-bond acceptors (Lipinski definition) is 3. The van der Waals surface area contributed by atoms with Gasteiger partial charge >= 0.3 is 0 Å². The maximum absolute atomic E-state index is 12.3. The van der Waals surface area contributed by atoms with Crippen LogP contribution in [-0.4, -0.2) is 17.7 Å². The first kappa shape index (κ1) is 16.2. The number of Topliss-reactive ketones (excluding diaryl/α,β-unsaturated/α-hetero) is 1. The van der Waals surface area contributed by atoms with Crippen molar-refractivity contribution in [1.82, 2.24) is 0 Å². The Kier molecular flexibility index (Phi) is 4.65. The van der Waals surface area contributed by atoms with Crippen LogP contribution in [0.3, 0.4) is 0 Å². The van der Waals surface area contributed by atoms with E-state index in [1.54, 1.807) is 24.3 Å². The molecule has 0 unspecified atom stereocenters. The van der Waals surface area contributed by atoms with Gasteiger partial charge in [-0.2, -0.15) is 0 Å². The zero-order valence-corrected chi connectivity index (χ0v) is 14.1. The van der Waals surface area contributed by atoms with E-state index in [1.165, 1.54) is 24.5 Å². The average molecular weight is 322 g/mol. The van der Waals surface area contributed by atoms with Crippen molar-refractivity contribution in [3.05, 3.63) is 59.2 Å². The molecule has 4 nitrogen and oxygen atoms in total. The van der Waals surface area contributed by atoms with Crippen molar-refractivity contribution in [2.45, 2.75) is 39.2 Å². The number of hydrogen-bond donors (Lipinski definition) is 2. The molecule has 0 spiro atoms. The summed E-state index contributed by atoms with van der Waals surface area (Å²) in [5.41, 5.74) is 5.10. The second-order valence-electron chi connectivity index (χ2n) is 6.33. The number of fused-ring (bicyclic) bond motifs is 1. The zero-order valence-electron chi connectivity index (χ0n) is 14.1. The van der Waals surface area contributed by atoms with E-state index >= 15 is 0 Å². The van der Waals surface area contributed by atoms with Crippen LogP contribution in [0.2, 0.25) is 0 Å². The van der Waals surface area contributed by atoms with E-state index < -0.39 is 0 Å². The third-order valence-electron chi connectivity index (χ3n) is 4.43. The van der Waals surface area contributed by atoms with Crippen molar-refractivity contribution in [2.75, 3.05) is 10.6 Å². The first-order chi connectivity index (χ1) is 11.5. The number of benzene rings is 2. The minimum Gasteiger partial charge on any atom is -0.374 e. The van der Waals surface area contributed by atoms with Crippen LogP contribution < -0.4 is 10.6 Å². The number of carbonyl (C=O) groups excluding carboxylic acids is 2. The minimum atomic E-state index is -0.350. The number of rotatable bonds is 5. The van der Waals surface area contributed by atoms with Crippen LogP contribution in [0.5, 0.6) is 0 Å². The van der Waals surface area contributed by atoms with Crippen LogP contribution in [-0.2, 0) is 17.6 Å². The fraction of sp³-hybridized carbons (Fsp3) is 0.300. The van der Waals surface area contributed by atoms with Crippen LogP contribution in [0.25, 0.3) is 0 Å². The van der Waals surface area contributed by atoms with E-state index in [1.807, 2.05) is 13.0 Å². The Morgan fingerprint density at radius 1 is 0.958 bits per heavy atom. The Bertz CT molecular complexity index is 766. The lowest BCUT2D eigenvalue weighted by Gasteiger charge is -2.16. The highest BCUT2D eigenvalue weighted by molar-refractivity contribution is 5.97. The Morgan fingerprint density at radius 3 is 2.33 bits per heavy atom. The fourth-order valence-electron chi connectivity index (χ4n) is 3.02. The number of carbonyl (C=O) groups is 2. The van der Waals surface area contributed by atoms with Crippen molar-refractivity contribution in [3.8, 4) is 0 Å². The van der Waals surface area contributed by atoms with Gasteiger partial charge < -0.3 is 10.6 Å². The molecule has 4 heteroatoms. The van der Waals surface area contributed by atoms with Gasteiger partial charge in [0.2, 0.25) is 5.91 Å². The summed E-state index contributed by atoms with van der Waals surface area (Å²) >= 11 is 0. The van der Waals surface area contributed by atoms with Crippen LogP contribution >= 0.6 is 0 Å². The first-order valence-electron chi connectivity index (χ1n) is 8.33. The molecule has 0 bridgehead atoms. The van der Waals surface area contributed by atoms with Crippen LogP contribution in [0, 0.1) is 0 Å². The second kappa shape index (κ2) is 6.87. The zero-order chi connectivity index (χ0) is 17.1. The lowest BCUT2D eigenvalue weighted by molar-refractivity contribution is -0.116. The summed E-state index contributed by atoms with van der Waals surface area (Å²) < 4.78 is 0. The quantitative estimate of drug-likeness (QED) is 0.823. The van der Waals surface area contributed by atoms with Gasteiger partial charge in [-0.15, -0.1) is 0 Å². The number of nitrogens with one attached hydrogen (secondary N) is 2. The number of aryl methyl sites for hydroxylation is 2. The highest BCUT2D eigenvalue weighted by Crippen LogP contribution is 2.25. The van der Waals surface area contributed by atoms with Gasteiger partial charge in [0.15, 0.2) is 5.78 Å². The number of anilines is 2. The average Bonchev–Trinajstić information content (AvgIpc) is 3.03. The molecular formula is C20H22N2O2. The molecule has 24 heavy (non-hydrogen) atoms. The van der Waals surface area contributed by atoms with Crippen molar-refractivity contribution in [1.29, 1.82) is 0 Å². The molecule has 1 aliphatic rings. The second-order valence-corrected chi connectivity index (χ2v) is 6.33. The van der Waals surface area contributed by atoms with Gasteiger partial charge in [-0.3, -0.25) is 9.59 Å². The van der Waals surface area contributed by atoms with Gasteiger partial charge in [-0.25, -0.2) is 0 Å². The van der Waals surface area contributed by atoms with Gasteiger partial charge in [-0.05, 0) is 80.6 Å². The van der Waals surface area contributed by atoms with Crippen molar-refractivity contribution >= 4 is 23.1 Å². The Labute approximate surface area is 142 Å². The van der Waals surface area contributed by atoms with Crippen molar-refractivity contribution in [2.24, 2.45) is 0 Å². The van der Waals surface area contributed by atoms with E-state index in [4.69, 9.17) is 0 Å². The summed E-state index contributed by atoms with van der Waals surface area (Å²) in [6, 6.07) is 12.9. The standard InChI is InChI=1S/C20H22N2O2/c1-13(21-19-11-8-16-4-3-5-17(16)12-19)20(24)22-18-9-6-15(7-10-18)14(2)23/h6-13,21H,3-5H2,1-2H3,(H,22,24)/t13-/m1/s1. The molecule has 2 aromatic rings. The molecule has 3 rings (SSSR count). The molecule has 2 aromatic carbocycles. The number of amides is 1. The Balaban J connectivity index is 1.61. The van der Waals surface area contributed by atoms with Gasteiger partial charge in [0, 0.05) is 16.9 Å². The summed E-state index contributed by atoms with van der Waals surface area (Å²) in [5, 5.41) is 6.12. The maximum atomic E-state index is 12.3. The smallest absolute Gasteiger partial charge is 0.246 e. The lowest BCUT2D eigenvalue weighted by Crippen LogP contribution is -2.31. The van der Waals surface area contributed by atoms with Crippen LogP contribution in [0.1, 0.15) is 41.8 Å². The molecule has 1 aliphatic carbocycles. The minimum absolute atomic E-state index is 0.0134.